The Bertz CT molecular complexity index is 701. The molecule has 2 N–H and O–H groups in total. The molecular weight excluding hydrogens is 368 g/mol. The summed E-state index contributed by atoms with van der Waals surface area (Å²) in [7, 11) is 1.60. The zero-order chi connectivity index (χ0) is 20.6. The van der Waals surface area contributed by atoms with E-state index < -0.39 is 0 Å². The zero-order valence-corrected chi connectivity index (χ0v) is 17.7. The molecule has 2 heterocycles. The summed E-state index contributed by atoms with van der Waals surface area (Å²) in [5.74, 6) is 1.28. The summed E-state index contributed by atoms with van der Waals surface area (Å²) < 4.78 is 5.43. The molecule has 0 bridgehead atoms. The highest BCUT2D eigenvalue weighted by Gasteiger charge is 2.23. The lowest BCUT2D eigenvalue weighted by Gasteiger charge is -2.31. The summed E-state index contributed by atoms with van der Waals surface area (Å²) >= 11 is 0. The highest BCUT2D eigenvalue weighted by atomic mass is 16.5. The lowest BCUT2D eigenvalue weighted by atomic mass is 9.97. The fourth-order valence-corrected chi connectivity index (χ4v) is 4.18. The number of urea groups is 1. The lowest BCUT2D eigenvalue weighted by Crippen LogP contribution is -2.40. The van der Waals surface area contributed by atoms with Crippen LogP contribution in [0.1, 0.15) is 45.4 Å². The van der Waals surface area contributed by atoms with Gasteiger partial charge in [-0.1, -0.05) is 6.92 Å². The Balaban J connectivity index is 1.54. The number of piperidine rings is 2. The van der Waals surface area contributed by atoms with E-state index >= 15 is 0 Å². The molecule has 0 aromatic heterocycles. The van der Waals surface area contributed by atoms with Gasteiger partial charge in [0.05, 0.1) is 12.8 Å². The maximum absolute atomic E-state index is 12.4. The molecule has 0 unspecified atom stereocenters. The number of hydrogen-bond donors (Lipinski definition) is 2. The van der Waals surface area contributed by atoms with Gasteiger partial charge in [0.2, 0.25) is 5.91 Å². The van der Waals surface area contributed by atoms with E-state index in [-0.39, 0.29) is 11.9 Å². The Hall–Kier alpha value is -2.28. The molecule has 2 saturated heterocycles. The number of likely N-dealkylation sites (tertiary alicyclic amines) is 1. The summed E-state index contributed by atoms with van der Waals surface area (Å²) in [4.78, 5) is 28.9. The average Bonchev–Trinajstić information content (AvgIpc) is 2.74. The van der Waals surface area contributed by atoms with Crippen molar-refractivity contribution in [2.75, 3.05) is 50.1 Å². The fourth-order valence-electron chi connectivity index (χ4n) is 4.18. The van der Waals surface area contributed by atoms with Crippen molar-refractivity contribution in [3.63, 3.8) is 0 Å². The Morgan fingerprint density at radius 2 is 2.00 bits per heavy atom. The van der Waals surface area contributed by atoms with Gasteiger partial charge >= 0.3 is 6.03 Å². The predicted molar refractivity (Wildman–Crippen MR) is 116 cm³/mol. The van der Waals surface area contributed by atoms with Crippen molar-refractivity contribution in [1.82, 2.24) is 10.2 Å². The normalized spacial score (nSPS) is 18.6. The monoisotopic (exact) mass is 402 g/mol. The molecule has 0 radical (unpaired) electrons. The Labute approximate surface area is 173 Å². The summed E-state index contributed by atoms with van der Waals surface area (Å²) in [6, 6.07) is 5.22. The molecule has 2 fully saturated rings. The first-order valence-electron chi connectivity index (χ1n) is 10.9. The molecule has 7 nitrogen and oxygen atoms in total. The first-order chi connectivity index (χ1) is 14.1. The molecule has 3 amide bonds. The second kappa shape index (κ2) is 10.5. The number of anilines is 2. The van der Waals surface area contributed by atoms with E-state index in [1.165, 1.54) is 13.0 Å². The highest BCUT2D eigenvalue weighted by molar-refractivity contribution is 5.97. The van der Waals surface area contributed by atoms with Crippen LogP contribution in [-0.2, 0) is 4.79 Å². The van der Waals surface area contributed by atoms with Crippen LogP contribution < -0.4 is 20.3 Å². The molecule has 0 atom stereocenters. The Morgan fingerprint density at radius 1 is 1.21 bits per heavy atom. The van der Waals surface area contributed by atoms with Crippen LogP contribution in [0, 0.1) is 5.92 Å². The van der Waals surface area contributed by atoms with Crippen molar-refractivity contribution in [3.8, 4) is 5.75 Å². The topological polar surface area (TPSA) is 73.9 Å². The first-order valence-corrected chi connectivity index (χ1v) is 10.9. The molecule has 7 heteroatoms. The molecule has 3 rings (SSSR count). The fraction of sp³-hybridized carbons (Fsp3) is 0.636. The van der Waals surface area contributed by atoms with E-state index in [0.29, 0.717) is 36.9 Å². The minimum absolute atomic E-state index is 0.102. The van der Waals surface area contributed by atoms with Gasteiger partial charge in [-0.3, -0.25) is 4.79 Å². The standard InChI is InChI=1S/C22H34N4O3/c1-3-11-25-13-9-17(10-14-25)16-23-22(28)24-18-7-8-20(29-2)19(15-18)26-12-5-4-6-21(26)27/h7-8,15,17H,3-6,9-14,16H2,1-2H3,(H2,23,24,28). The molecule has 160 valence electrons. The van der Waals surface area contributed by atoms with Crippen molar-refractivity contribution in [2.24, 2.45) is 5.92 Å². The van der Waals surface area contributed by atoms with Crippen LogP contribution >= 0.6 is 0 Å². The van der Waals surface area contributed by atoms with E-state index in [1.807, 2.05) is 6.07 Å². The van der Waals surface area contributed by atoms with Crippen molar-refractivity contribution in [1.29, 1.82) is 0 Å². The number of benzene rings is 1. The minimum Gasteiger partial charge on any atom is -0.495 e. The van der Waals surface area contributed by atoms with E-state index in [9.17, 15) is 9.59 Å². The van der Waals surface area contributed by atoms with Gasteiger partial charge in [-0.25, -0.2) is 4.79 Å². The van der Waals surface area contributed by atoms with Crippen LogP contribution in [0.4, 0.5) is 16.2 Å². The first kappa shape index (κ1) is 21.4. The van der Waals surface area contributed by atoms with Gasteiger partial charge in [-0.05, 0) is 75.9 Å². The van der Waals surface area contributed by atoms with E-state index in [2.05, 4.69) is 22.5 Å². The highest BCUT2D eigenvalue weighted by Crippen LogP contribution is 2.33. The number of nitrogens with one attached hydrogen (secondary N) is 2. The molecule has 1 aromatic rings. The third-order valence-electron chi connectivity index (χ3n) is 5.85. The SMILES string of the molecule is CCCN1CCC(CNC(=O)Nc2ccc(OC)c(N3CCCCC3=O)c2)CC1. The van der Waals surface area contributed by atoms with Crippen LogP contribution in [0.2, 0.25) is 0 Å². The van der Waals surface area contributed by atoms with E-state index in [4.69, 9.17) is 4.74 Å². The van der Waals surface area contributed by atoms with E-state index in [0.717, 1.165) is 44.5 Å². The van der Waals surface area contributed by atoms with Crippen molar-refractivity contribution >= 4 is 23.3 Å². The van der Waals surface area contributed by atoms with Crippen LogP contribution in [0.3, 0.4) is 0 Å². The third-order valence-corrected chi connectivity index (χ3v) is 5.85. The molecular formula is C22H34N4O3. The number of hydrogen-bond acceptors (Lipinski definition) is 4. The number of ether oxygens (including phenoxy) is 1. The smallest absolute Gasteiger partial charge is 0.319 e. The summed E-state index contributed by atoms with van der Waals surface area (Å²) in [6.07, 6.45) is 5.91. The van der Waals surface area contributed by atoms with Gasteiger partial charge in [0, 0.05) is 25.2 Å². The third kappa shape index (κ3) is 5.85. The van der Waals surface area contributed by atoms with Crippen molar-refractivity contribution in [2.45, 2.75) is 45.4 Å². The number of nitrogens with zero attached hydrogens (tertiary/aromatic N) is 2. The molecule has 0 saturated carbocycles. The molecule has 29 heavy (non-hydrogen) atoms. The van der Waals surface area contributed by atoms with Gasteiger partial charge in [0.1, 0.15) is 5.75 Å². The number of methoxy groups -OCH3 is 1. The predicted octanol–water partition coefficient (Wildman–Crippen LogP) is 3.46. The molecule has 0 aliphatic carbocycles. The van der Waals surface area contributed by atoms with Crippen LogP contribution in [0.25, 0.3) is 0 Å². The molecule has 1 aromatic carbocycles. The minimum atomic E-state index is -0.206. The summed E-state index contributed by atoms with van der Waals surface area (Å²) in [5, 5.41) is 5.91. The van der Waals surface area contributed by atoms with Gasteiger partial charge in [0.25, 0.3) is 0 Å². The molecule has 0 spiro atoms. The maximum atomic E-state index is 12.4. The van der Waals surface area contributed by atoms with Crippen LogP contribution in [0.5, 0.6) is 5.75 Å². The van der Waals surface area contributed by atoms with Gasteiger partial charge in [0.15, 0.2) is 0 Å². The largest absolute Gasteiger partial charge is 0.495 e. The van der Waals surface area contributed by atoms with Gasteiger partial charge in [-0.2, -0.15) is 0 Å². The molecule has 2 aliphatic rings. The van der Waals surface area contributed by atoms with Crippen LogP contribution in [-0.4, -0.2) is 56.7 Å². The number of carbonyl (C=O) groups excluding carboxylic acids is 2. The molecule has 2 aliphatic heterocycles. The maximum Gasteiger partial charge on any atom is 0.319 e. The number of amides is 3. The van der Waals surface area contributed by atoms with E-state index in [1.54, 1.807) is 24.1 Å². The van der Waals surface area contributed by atoms with Gasteiger partial charge < -0.3 is 25.2 Å². The summed E-state index contributed by atoms with van der Waals surface area (Å²) in [5.41, 5.74) is 1.38. The van der Waals surface area contributed by atoms with Crippen LogP contribution in [0.15, 0.2) is 18.2 Å². The quantitative estimate of drug-likeness (QED) is 0.733. The average molecular weight is 403 g/mol. The lowest BCUT2D eigenvalue weighted by molar-refractivity contribution is -0.119. The second-order valence-electron chi connectivity index (χ2n) is 8.01. The summed E-state index contributed by atoms with van der Waals surface area (Å²) in [6.45, 7) is 6.99. The number of carbonyl (C=O) groups is 2. The Kier molecular flexibility index (Phi) is 7.75. The zero-order valence-electron chi connectivity index (χ0n) is 17.7. The van der Waals surface area contributed by atoms with Gasteiger partial charge in [-0.15, -0.1) is 0 Å². The van der Waals surface area contributed by atoms with Crippen molar-refractivity contribution in [3.05, 3.63) is 18.2 Å². The van der Waals surface area contributed by atoms with Crippen molar-refractivity contribution < 1.29 is 14.3 Å². The Morgan fingerprint density at radius 3 is 2.69 bits per heavy atom. The second-order valence-corrected chi connectivity index (χ2v) is 8.01. The number of rotatable bonds is 7.